The first-order valence-electron chi connectivity index (χ1n) is 5.57. The Morgan fingerprint density at radius 3 is 2.58 bits per heavy atom. The lowest BCUT2D eigenvalue weighted by Crippen LogP contribution is -2.19. The van der Waals surface area contributed by atoms with E-state index in [-0.39, 0.29) is 10.7 Å². The topological polar surface area (TPSA) is 53.4 Å². The van der Waals surface area contributed by atoms with Crippen LogP contribution in [0.25, 0.3) is 0 Å². The molecule has 0 saturated carbocycles. The summed E-state index contributed by atoms with van der Waals surface area (Å²) in [4.78, 5) is 15.6. The van der Waals surface area contributed by atoms with Crippen molar-refractivity contribution < 1.29 is 9.47 Å². The molecular weight excluding hydrogens is 268 g/mol. The largest absolute Gasteiger partial charge is 0.493 e. The van der Waals surface area contributed by atoms with Crippen LogP contribution < -0.4 is 15.0 Å². The van der Waals surface area contributed by atoms with E-state index in [4.69, 9.17) is 21.1 Å². The Morgan fingerprint density at radius 1 is 1.21 bits per heavy atom. The van der Waals surface area contributed by atoms with Crippen LogP contribution in [0.2, 0.25) is 5.15 Å². The van der Waals surface area contributed by atoms with Crippen molar-refractivity contribution in [2.75, 3.05) is 14.2 Å². The van der Waals surface area contributed by atoms with Gasteiger partial charge in [0.05, 0.1) is 27.1 Å². The summed E-state index contributed by atoms with van der Waals surface area (Å²) in [5.74, 6) is 1.27. The molecule has 2 rings (SSSR count). The van der Waals surface area contributed by atoms with Crippen LogP contribution in [0, 0.1) is 0 Å². The van der Waals surface area contributed by atoms with E-state index in [9.17, 15) is 4.79 Å². The summed E-state index contributed by atoms with van der Waals surface area (Å²) in [6.07, 6.45) is 1.42. The molecule has 0 saturated heterocycles. The molecule has 0 fully saturated rings. The maximum Gasteiger partial charge on any atom is 0.255 e. The Morgan fingerprint density at radius 2 is 1.95 bits per heavy atom. The minimum atomic E-state index is -0.199. The quantitative estimate of drug-likeness (QED) is 0.804. The highest BCUT2D eigenvalue weighted by Gasteiger charge is 2.06. The van der Waals surface area contributed by atoms with E-state index >= 15 is 0 Å². The van der Waals surface area contributed by atoms with Crippen molar-refractivity contribution >= 4 is 11.6 Å². The zero-order valence-electron chi connectivity index (χ0n) is 10.6. The maximum absolute atomic E-state index is 11.7. The Balaban J connectivity index is 2.30. The number of hydrogen-bond acceptors (Lipinski definition) is 4. The van der Waals surface area contributed by atoms with Crippen molar-refractivity contribution in [1.82, 2.24) is 9.55 Å². The van der Waals surface area contributed by atoms with Gasteiger partial charge in [-0.25, -0.2) is 4.98 Å². The Kier molecular flexibility index (Phi) is 4.06. The van der Waals surface area contributed by atoms with Gasteiger partial charge in [-0.05, 0) is 17.7 Å². The minimum absolute atomic E-state index is 0.188. The number of nitrogens with zero attached hydrogens (tertiary/aromatic N) is 2. The van der Waals surface area contributed by atoms with E-state index in [2.05, 4.69) is 4.98 Å². The van der Waals surface area contributed by atoms with Crippen LogP contribution >= 0.6 is 11.6 Å². The number of halogens is 1. The highest BCUT2D eigenvalue weighted by molar-refractivity contribution is 6.29. The van der Waals surface area contributed by atoms with Gasteiger partial charge in [-0.2, -0.15) is 0 Å². The Bertz CT molecular complexity index is 640. The Labute approximate surface area is 115 Å². The van der Waals surface area contributed by atoms with Crippen LogP contribution in [0.1, 0.15) is 5.56 Å². The van der Waals surface area contributed by atoms with Crippen molar-refractivity contribution in [3.05, 3.63) is 51.7 Å². The van der Waals surface area contributed by atoms with E-state index in [1.165, 1.54) is 17.0 Å². The molecular formula is C13H13ClN2O3. The van der Waals surface area contributed by atoms with Gasteiger partial charge in [0, 0.05) is 6.07 Å². The van der Waals surface area contributed by atoms with Crippen molar-refractivity contribution in [3.8, 4) is 11.5 Å². The summed E-state index contributed by atoms with van der Waals surface area (Å²) in [6.45, 7) is 0.392. The zero-order valence-corrected chi connectivity index (χ0v) is 11.3. The third-order valence-electron chi connectivity index (χ3n) is 2.65. The second kappa shape index (κ2) is 5.75. The molecule has 19 heavy (non-hydrogen) atoms. The third kappa shape index (κ3) is 3.06. The molecule has 1 heterocycles. The SMILES string of the molecule is COc1ccc(Cn2cnc(Cl)cc2=O)cc1OC. The van der Waals surface area contributed by atoms with Gasteiger partial charge in [0.25, 0.3) is 5.56 Å². The van der Waals surface area contributed by atoms with Gasteiger partial charge in [0.15, 0.2) is 11.5 Å². The number of benzene rings is 1. The number of methoxy groups -OCH3 is 2. The smallest absolute Gasteiger partial charge is 0.255 e. The molecule has 0 radical (unpaired) electrons. The first-order chi connectivity index (χ1) is 9.13. The van der Waals surface area contributed by atoms with E-state index in [1.54, 1.807) is 20.3 Å². The van der Waals surface area contributed by atoms with Crippen LogP contribution in [0.3, 0.4) is 0 Å². The van der Waals surface area contributed by atoms with E-state index in [0.717, 1.165) is 5.56 Å². The zero-order chi connectivity index (χ0) is 13.8. The second-order valence-electron chi connectivity index (χ2n) is 3.87. The predicted octanol–water partition coefficient (Wildman–Crippen LogP) is 1.96. The van der Waals surface area contributed by atoms with Gasteiger partial charge in [0.2, 0.25) is 0 Å². The first kappa shape index (κ1) is 13.4. The second-order valence-corrected chi connectivity index (χ2v) is 4.25. The molecule has 0 aliphatic heterocycles. The molecule has 0 spiro atoms. The standard InChI is InChI=1S/C13H13ClN2O3/c1-18-10-4-3-9(5-11(10)19-2)7-16-8-15-12(14)6-13(16)17/h3-6,8H,7H2,1-2H3. The van der Waals surface area contributed by atoms with Crippen molar-refractivity contribution in [2.45, 2.75) is 6.54 Å². The van der Waals surface area contributed by atoms with E-state index in [0.29, 0.717) is 18.0 Å². The summed E-state index contributed by atoms with van der Waals surface area (Å²) in [6, 6.07) is 6.76. The summed E-state index contributed by atoms with van der Waals surface area (Å²) in [5.41, 5.74) is 0.707. The van der Waals surface area contributed by atoms with Gasteiger partial charge < -0.3 is 9.47 Å². The van der Waals surface area contributed by atoms with Crippen LogP contribution in [-0.2, 0) is 6.54 Å². The van der Waals surface area contributed by atoms with E-state index in [1.807, 2.05) is 12.1 Å². The highest BCUT2D eigenvalue weighted by Crippen LogP contribution is 2.27. The predicted molar refractivity (Wildman–Crippen MR) is 72.2 cm³/mol. The van der Waals surface area contributed by atoms with Crippen molar-refractivity contribution in [3.63, 3.8) is 0 Å². The monoisotopic (exact) mass is 280 g/mol. The Hall–Kier alpha value is -2.01. The van der Waals surface area contributed by atoms with Gasteiger partial charge in [0.1, 0.15) is 5.15 Å². The molecule has 5 nitrogen and oxygen atoms in total. The number of rotatable bonds is 4. The summed E-state index contributed by atoms with van der Waals surface area (Å²) < 4.78 is 11.8. The summed E-state index contributed by atoms with van der Waals surface area (Å²) in [7, 11) is 3.14. The number of hydrogen-bond donors (Lipinski definition) is 0. The van der Waals surface area contributed by atoms with Crippen LogP contribution in [0.15, 0.2) is 35.4 Å². The molecule has 100 valence electrons. The fourth-order valence-corrected chi connectivity index (χ4v) is 1.84. The van der Waals surface area contributed by atoms with E-state index < -0.39 is 0 Å². The molecule has 0 unspecified atom stereocenters. The summed E-state index contributed by atoms with van der Waals surface area (Å²) in [5, 5.41) is 0.188. The number of aromatic nitrogens is 2. The van der Waals surface area contributed by atoms with Crippen molar-refractivity contribution in [2.24, 2.45) is 0 Å². The highest BCUT2D eigenvalue weighted by atomic mass is 35.5. The minimum Gasteiger partial charge on any atom is -0.493 e. The van der Waals surface area contributed by atoms with Gasteiger partial charge >= 0.3 is 0 Å². The molecule has 0 aliphatic carbocycles. The molecule has 0 aliphatic rings. The van der Waals surface area contributed by atoms with Crippen LogP contribution in [0.4, 0.5) is 0 Å². The lowest BCUT2D eigenvalue weighted by atomic mass is 10.2. The average molecular weight is 281 g/mol. The maximum atomic E-state index is 11.7. The van der Waals surface area contributed by atoms with Gasteiger partial charge in [-0.15, -0.1) is 0 Å². The molecule has 0 atom stereocenters. The lowest BCUT2D eigenvalue weighted by molar-refractivity contribution is 0.354. The van der Waals surface area contributed by atoms with Crippen molar-refractivity contribution in [1.29, 1.82) is 0 Å². The summed E-state index contributed by atoms with van der Waals surface area (Å²) >= 11 is 5.65. The molecule has 0 N–H and O–H groups in total. The molecule has 6 heteroatoms. The molecule has 2 aromatic rings. The third-order valence-corrected chi connectivity index (χ3v) is 2.85. The number of ether oxygens (including phenoxy) is 2. The van der Waals surface area contributed by atoms with Gasteiger partial charge in [-0.3, -0.25) is 9.36 Å². The van der Waals surface area contributed by atoms with Crippen LogP contribution in [-0.4, -0.2) is 23.8 Å². The fraction of sp³-hybridized carbons (Fsp3) is 0.231. The molecule has 0 amide bonds. The van der Waals surface area contributed by atoms with Crippen LogP contribution in [0.5, 0.6) is 11.5 Å². The fourth-order valence-electron chi connectivity index (χ4n) is 1.70. The molecule has 0 bridgehead atoms. The van der Waals surface area contributed by atoms with Gasteiger partial charge in [-0.1, -0.05) is 17.7 Å². The normalized spacial score (nSPS) is 10.3. The molecule has 1 aromatic heterocycles. The molecule has 1 aromatic carbocycles. The average Bonchev–Trinajstić information content (AvgIpc) is 2.41. The lowest BCUT2D eigenvalue weighted by Gasteiger charge is -2.10. The first-order valence-corrected chi connectivity index (χ1v) is 5.94.